The van der Waals surface area contributed by atoms with E-state index in [2.05, 4.69) is 24.0 Å². The van der Waals surface area contributed by atoms with E-state index in [9.17, 15) is 0 Å². The van der Waals surface area contributed by atoms with E-state index in [4.69, 9.17) is 5.73 Å². The van der Waals surface area contributed by atoms with Gasteiger partial charge >= 0.3 is 0 Å². The van der Waals surface area contributed by atoms with Crippen LogP contribution in [0.25, 0.3) is 11.4 Å². The molecule has 4 nitrogen and oxygen atoms in total. The first kappa shape index (κ1) is 10.7. The normalized spacial score (nSPS) is 11.0. The Morgan fingerprint density at radius 3 is 2.75 bits per heavy atom. The number of hydrogen-bond donors (Lipinski definition) is 1. The minimum absolute atomic E-state index is 0.324. The van der Waals surface area contributed by atoms with Crippen molar-refractivity contribution in [2.24, 2.45) is 0 Å². The van der Waals surface area contributed by atoms with Crippen LogP contribution in [0.15, 0.2) is 24.5 Å². The van der Waals surface area contributed by atoms with Gasteiger partial charge in [0.15, 0.2) is 5.82 Å². The van der Waals surface area contributed by atoms with Gasteiger partial charge in [0.05, 0.1) is 0 Å². The zero-order valence-electron chi connectivity index (χ0n) is 9.81. The quantitative estimate of drug-likeness (QED) is 0.784. The molecule has 0 saturated heterocycles. The molecule has 0 aliphatic carbocycles. The number of para-hydroxylation sites is 1. The van der Waals surface area contributed by atoms with Crippen LogP contribution in [0.5, 0.6) is 0 Å². The predicted octanol–water partition coefficient (Wildman–Crippen LogP) is 2.42. The Balaban J connectivity index is 2.59. The van der Waals surface area contributed by atoms with Crippen LogP contribution >= 0.6 is 0 Å². The first-order chi connectivity index (χ1) is 7.61. The molecule has 1 aromatic heterocycles. The van der Waals surface area contributed by atoms with Gasteiger partial charge in [-0.15, -0.1) is 10.2 Å². The second kappa shape index (κ2) is 3.96. The average Bonchev–Trinajstić information content (AvgIpc) is 2.70. The van der Waals surface area contributed by atoms with Gasteiger partial charge in [0, 0.05) is 17.3 Å². The van der Waals surface area contributed by atoms with Gasteiger partial charge in [-0.05, 0) is 32.4 Å². The number of benzene rings is 1. The van der Waals surface area contributed by atoms with Crippen molar-refractivity contribution in [3.63, 3.8) is 0 Å². The van der Waals surface area contributed by atoms with Gasteiger partial charge in [0.1, 0.15) is 6.33 Å². The number of nitrogen functional groups attached to an aromatic ring is 1. The molecule has 0 unspecified atom stereocenters. The number of rotatable bonds is 2. The number of aryl methyl sites for hydroxylation is 1. The van der Waals surface area contributed by atoms with Crippen LogP contribution in [0.1, 0.15) is 25.5 Å². The van der Waals surface area contributed by atoms with Crippen molar-refractivity contribution in [3.8, 4) is 11.4 Å². The third-order valence-electron chi connectivity index (χ3n) is 2.69. The fourth-order valence-electron chi connectivity index (χ4n) is 1.69. The molecule has 0 amide bonds. The molecule has 0 aliphatic rings. The fourth-order valence-corrected chi connectivity index (χ4v) is 1.69. The molecule has 0 radical (unpaired) electrons. The van der Waals surface area contributed by atoms with E-state index in [1.54, 1.807) is 6.33 Å². The van der Waals surface area contributed by atoms with Gasteiger partial charge in [-0.3, -0.25) is 0 Å². The molecule has 4 heteroatoms. The van der Waals surface area contributed by atoms with Gasteiger partial charge in [0.25, 0.3) is 0 Å². The molecule has 2 aromatic rings. The smallest absolute Gasteiger partial charge is 0.166 e. The lowest BCUT2D eigenvalue weighted by molar-refractivity contribution is 0.604. The van der Waals surface area contributed by atoms with Crippen molar-refractivity contribution in [1.82, 2.24) is 14.8 Å². The van der Waals surface area contributed by atoms with Gasteiger partial charge in [-0.2, -0.15) is 0 Å². The molecule has 0 spiro atoms. The Bertz CT molecular complexity index is 499. The molecule has 1 aromatic carbocycles. The zero-order chi connectivity index (χ0) is 11.7. The maximum absolute atomic E-state index is 6.06. The molecule has 84 valence electrons. The molecule has 16 heavy (non-hydrogen) atoms. The van der Waals surface area contributed by atoms with Crippen molar-refractivity contribution >= 4 is 5.69 Å². The Hall–Kier alpha value is -1.84. The van der Waals surface area contributed by atoms with Gasteiger partial charge in [-0.25, -0.2) is 0 Å². The molecular formula is C12H16N4. The summed E-state index contributed by atoms with van der Waals surface area (Å²) in [5, 5.41) is 8.09. The molecule has 2 rings (SSSR count). The molecule has 0 aliphatic heterocycles. The van der Waals surface area contributed by atoms with Crippen molar-refractivity contribution < 1.29 is 0 Å². The minimum Gasteiger partial charge on any atom is -0.398 e. The maximum atomic E-state index is 6.06. The summed E-state index contributed by atoms with van der Waals surface area (Å²) in [4.78, 5) is 0. The standard InChI is InChI=1S/C12H16N4/c1-8(2)16-7-14-15-12(16)10-6-4-5-9(3)11(10)13/h4-8H,13H2,1-3H3. The highest BCUT2D eigenvalue weighted by Crippen LogP contribution is 2.27. The van der Waals surface area contributed by atoms with Crippen molar-refractivity contribution in [3.05, 3.63) is 30.1 Å². The number of nitrogens with two attached hydrogens (primary N) is 1. The first-order valence-electron chi connectivity index (χ1n) is 5.36. The highest BCUT2D eigenvalue weighted by molar-refractivity contribution is 5.74. The van der Waals surface area contributed by atoms with Crippen molar-refractivity contribution in [2.75, 3.05) is 5.73 Å². The van der Waals surface area contributed by atoms with Crippen LogP contribution in [0.4, 0.5) is 5.69 Å². The third kappa shape index (κ3) is 1.66. The fraction of sp³-hybridized carbons (Fsp3) is 0.333. The van der Waals surface area contributed by atoms with Crippen molar-refractivity contribution in [2.45, 2.75) is 26.8 Å². The zero-order valence-corrected chi connectivity index (χ0v) is 9.81. The van der Waals surface area contributed by atoms with Crippen LogP contribution in [0.2, 0.25) is 0 Å². The maximum Gasteiger partial charge on any atom is 0.166 e. The van der Waals surface area contributed by atoms with E-state index < -0.39 is 0 Å². The second-order valence-corrected chi connectivity index (χ2v) is 4.19. The summed E-state index contributed by atoms with van der Waals surface area (Å²) in [5.74, 6) is 0.830. The predicted molar refractivity (Wildman–Crippen MR) is 65.0 cm³/mol. The molecule has 2 N–H and O–H groups in total. The van der Waals surface area contributed by atoms with E-state index in [0.717, 1.165) is 22.6 Å². The lowest BCUT2D eigenvalue weighted by Crippen LogP contribution is -2.04. The number of hydrogen-bond acceptors (Lipinski definition) is 3. The lowest BCUT2D eigenvalue weighted by Gasteiger charge is -2.12. The Morgan fingerprint density at radius 2 is 2.06 bits per heavy atom. The highest BCUT2D eigenvalue weighted by Gasteiger charge is 2.12. The Kier molecular flexibility index (Phi) is 2.64. The van der Waals surface area contributed by atoms with E-state index in [1.807, 2.05) is 29.7 Å². The first-order valence-corrected chi connectivity index (χ1v) is 5.36. The SMILES string of the molecule is Cc1cccc(-c2nncn2C(C)C)c1N. The molecule has 0 fully saturated rings. The Morgan fingerprint density at radius 1 is 1.31 bits per heavy atom. The molecule has 0 bridgehead atoms. The topological polar surface area (TPSA) is 56.7 Å². The van der Waals surface area contributed by atoms with Gasteiger partial charge in [0.2, 0.25) is 0 Å². The molecule has 0 atom stereocenters. The van der Waals surface area contributed by atoms with Gasteiger partial charge < -0.3 is 10.3 Å². The molecular weight excluding hydrogens is 200 g/mol. The van der Waals surface area contributed by atoms with E-state index in [1.165, 1.54) is 0 Å². The summed E-state index contributed by atoms with van der Waals surface area (Å²) in [6.07, 6.45) is 1.74. The second-order valence-electron chi connectivity index (χ2n) is 4.19. The summed E-state index contributed by atoms with van der Waals surface area (Å²) in [6, 6.07) is 6.28. The number of anilines is 1. The number of aromatic nitrogens is 3. The summed E-state index contributed by atoms with van der Waals surface area (Å²) >= 11 is 0. The van der Waals surface area contributed by atoms with E-state index in [-0.39, 0.29) is 0 Å². The van der Waals surface area contributed by atoms with Crippen LogP contribution < -0.4 is 5.73 Å². The molecule has 0 saturated carbocycles. The number of nitrogens with zero attached hydrogens (tertiary/aromatic N) is 3. The van der Waals surface area contributed by atoms with Crippen LogP contribution in [-0.4, -0.2) is 14.8 Å². The largest absolute Gasteiger partial charge is 0.398 e. The lowest BCUT2D eigenvalue weighted by atomic mass is 10.1. The Labute approximate surface area is 95.1 Å². The highest BCUT2D eigenvalue weighted by atomic mass is 15.3. The molecule has 1 heterocycles. The van der Waals surface area contributed by atoms with E-state index >= 15 is 0 Å². The van der Waals surface area contributed by atoms with Gasteiger partial charge in [-0.1, -0.05) is 12.1 Å². The summed E-state index contributed by atoms with van der Waals surface area (Å²) in [7, 11) is 0. The summed E-state index contributed by atoms with van der Waals surface area (Å²) < 4.78 is 2.02. The average molecular weight is 216 g/mol. The van der Waals surface area contributed by atoms with Crippen LogP contribution in [0.3, 0.4) is 0 Å². The summed E-state index contributed by atoms with van der Waals surface area (Å²) in [5.41, 5.74) is 8.85. The third-order valence-corrected chi connectivity index (χ3v) is 2.69. The summed E-state index contributed by atoms with van der Waals surface area (Å²) in [6.45, 7) is 6.19. The van der Waals surface area contributed by atoms with Crippen LogP contribution in [-0.2, 0) is 0 Å². The monoisotopic (exact) mass is 216 g/mol. The minimum atomic E-state index is 0.324. The van der Waals surface area contributed by atoms with E-state index in [0.29, 0.717) is 6.04 Å². The van der Waals surface area contributed by atoms with Crippen LogP contribution in [0, 0.1) is 6.92 Å². The van der Waals surface area contributed by atoms with Crippen molar-refractivity contribution in [1.29, 1.82) is 0 Å².